The molecule has 2 aromatic carbocycles. The third kappa shape index (κ3) is 4.27. The SMILES string of the molecule is Cc1cc(Br)c(NC(=O)CSc2ccccc2)cc1Cl. The summed E-state index contributed by atoms with van der Waals surface area (Å²) in [5, 5.41) is 3.50. The van der Waals surface area contributed by atoms with E-state index in [0.29, 0.717) is 16.5 Å². The van der Waals surface area contributed by atoms with Gasteiger partial charge in [0.2, 0.25) is 5.91 Å². The van der Waals surface area contributed by atoms with Crippen LogP contribution in [-0.2, 0) is 4.79 Å². The van der Waals surface area contributed by atoms with Crippen molar-refractivity contribution in [2.45, 2.75) is 11.8 Å². The summed E-state index contributed by atoms with van der Waals surface area (Å²) in [6.07, 6.45) is 0. The second kappa shape index (κ2) is 7.16. The number of thioether (sulfide) groups is 1. The van der Waals surface area contributed by atoms with Gasteiger partial charge in [-0.25, -0.2) is 0 Å². The lowest BCUT2D eigenvalue weighted by molar-refractivity contribution is -0.113. The Labute approximate surface area is 136 Å². The summed E-state index contributed by atoms with van der Waals surface area (Å²) in [7, 11) is 0. The average Bonchev–Trinajstić information content (AvgIpc) is 2.44. The molecule has 5 heteroatoms. The van der Waals surface area contributed by atoms with Crippen LogP contribution in [0.5, 0.6) is 0 Å². The molecule has 0 bridgehead atoms. The van der Waals surface area contributed by atoms with Crippen LogP contribution in [0.15, 0.2) is 51.8 Å². The number of aryl methyl sites for hydroxylation is 1. The number of nitrogens with one attached hydrogen (secondary N) is 1. The zero-order valence-corrected chi connectivity index (χ0v) is 14.0. The lowest BCUT2D eigenvalue weighted by Crippen LogP contribution is -2.14. The van der Waals surface area contributed by atoms with Crippen molar-refractivity contribution in [3.63, 3.8) is 0 Å². The van der Waals surface area contributed by atoms with E-state index in [0.717, 1.165) is 14.9 Å². The third-order valence-corrected chi connectivity index (χ3v) is 4.71. The lowest BCUT2D eigenvalue weighted by atomic mass is 10.2. The van der Waals surface area contributed by atoms with E-state index in [-0.39, 0.29) is 5.91 Å². The smallest absolute Gasteiger partial charge is 0.234 e. The van der Waals surface area contributed by atoms with Crippen LogP contribution in [0.4, 0.5) is 5.69 Å². The van der Waals surface area contributed by atoms with Gasteiger partial charge in [-0.15, -0.1) is 11.8 Å². The molecule has 0 aromatic heterocycles. The molecule has 0 spiro atoms. The van der Waals surface area contributed by atoms with Gasteiger partial charge in [0.15, 0.2) is 0 Å². The van der Waals surface area contributed by atoms with Crippen molar-refractivity contribution in [2.75, 3.05) is 11.1 Å². The van der Waals surface area contributed by atoms with Gasteiger partial charge >= 0.3 is 0 Å². The Hall–Kier alpha value is -0.970. The fourth-order valence-corrected chi connectivity index (χ4v) is 3.03. The standard InChI is InChI=1S/C15H13BrClNOS/c1-10-7-12(16)14(8-13(10)17)18-15(19)9-20-11-5-3-2-4-6-11/h2-8H,9H2,1H3,(H,18,19). The maximum atomic E-state index is 11.9. The molecule has 0 aliphatic carbocycles. The van der Waals surface area contributed by atoms with Crippen LogP contribution in [-0.4, -0.2) is 11.7 Å². The number of amides is 1. The molecule has 0 heterocycles. The van der Waals surface area contributed by atoms with Gasteiger partial charge < -0.3 is 5.32 Å². The zero-order valence-electron chi connectivity index (χ0n) is 10.8. The summed E-state index contributed by atoms with van der Waals surface area (Å²) < 4.78 is 0.831. The summed E-state index contributed by atoms with van der Waals surface area (Å²) in [4.78, 5) is 13.0. The summed E-state index contributed by atoms with van der Waals surface area (Å²) in [6.45, 7) is 1.92. The summed E-state index contributed by atoms with van der Waals surface area (Å²) in [5.74, 6) is 0.307. The van der Waals surface area contributed by atoms with Gasteiger partial charge in [-0.3, -0.25) is 4.79 Å². The molecular weight excluding hydrogens is 358 g/mol. The Morgan fingerprint density at radius 2 is 2.00 bits per heavy atom. The van der Waals surface area contributed by atoms with Crippen molar-refractivity contribution < 1.29 is 4.79 Å². The highest BCUT2D eigenvalue weighted by atomic mass is 79.9. The van der Waals surface area contributed by atoms with Crippen LogP contribution in [0.25, 0.3) is 0 Å². The van der Waals surface area contributed by atoms with E-state index in [4.69, 9.17) is 11.6 Å². The van der Waals surface area contributed by atoms with Gasteiger partial charge in [0.1, 0.15) is 0 Å². The molecule has 104 valence electrons. The summed E-state index contributed by atoms with van der Waals surface area (Å²) in [5.41, 5.74) is 1.66. The Morgan fingerprint density at radius 3 is 2.70 bits per heavy atom. The first-order chi connectivity index (χ1) is 9.56. The average molecular weight is 371 g/mol. The Bertz CT molecular complexity index is 619. The first-order valence-electron chi connectivity index (χ1n) is 5.99. The van der Waals surface area contributed by atoms with E-state index in [1.807, 2.05) is 43.3 Å². The molecule has 0 aliphatic heterocycles. The van der Waals surface area contributed by atoms with Crippen LogP contribution >= 0.6 is 39.3 Å². The molecule has 1 amide bonds. The quantitative estimate of drug-likeness (QED) is 0.755. The van der Waals surface area contributed by atoms with Gasteiger partial charge in [0.05, 0.1) is 11.4 Å². The molecule has 0 saturated carbocycles. The fourth-order valence-electron chi connectivity index (χ4n) is 1.59. The van der Waals surface area contributed by atoms with E-state index in [9.17, 15) is 4.79 Å². The number of carbonyl (C=O) groups is 1. The first-order valence-corrected chi connectivity index (χ1v) is 8.15. The summed E-state index contributed by atoms with van der Waals surface area (Å²) >= 11 is 11.0. The van der Waals surface area contributed by atoms with Crippen LogP contribution in [0.1, 0.15) is 5.56 Å². The van der Waals surface area contributed by atoms with Gasteiger partial charge in [-0.2, -0.15) is 0 Å². The molecule has 2 nitrogen and oxygen atoms in total. The van der Waals surface area contributed by atoms with Gasteiger partial charge in [-0.05, 0) is 52.7 Å². The highest BCUT2D eigenvalue weighted by Crippen LogP contribution is 2.29. The molecule has 1 N–H and O–H groups in total. The second-order valence-corrected chi connectivity index (χ2v) is 6.54. The number of anilines is 1. The van der Waals surface area contributed by atoms with Crippen LogP contribution in [0.2, 0.25) is 5.02 Å². The maximum Gasteiger partial charge on any atom is 0.234 e. The number of carbonyl (C=O) groups excluding carboxylic acids is 1. The minimum Gasteiger partial charge on any atom is -0.324 e. The Morgan fingerprint density at radius 1 is 1.30 bits per heavy atom. The third-order valence-electron chi connectivity index (χ3n) is 2.64. The topological polar surface area (TPSA) is 29.1 Å². The Kier molecular flexibility index (Phi) is 5.52. The summed E-state index contributed by atoms with van der Waals surface area (Å²) in [6, 6.07) is 13.5. The van der Waals surface area contributed by atoms with Crippen molar-refractivity contribution >= 4 is 50.9 Å². The van der Waals surface area contributed by atoms with E-state index >= 15 is 0 Å². The van der Waals surface area contributed by atoms with Crippen LogP contribution in [0, 0.1) is 6.92 Å². The van der Waals surface area contributed by atoms with E-state index in [1.165, 1.54) is 11.8 Å². The molecular formula is C15H13BrClNOS. The molecule has 20 heavy (non-hydrogen) atoms. The maximum absolute atomic E-state index is 11.9. The minimum absolute atomic E-state index is 0.0560. The molecule has 0 radical (unpaired) electrons. The van der Waals surface area contributed by atoms with E-state index in [1.54, 1.807) is 6.07 Å². The van der Waals surface area contributed by atoms with Crippen molar-refractivity contribution in [1.82, 2.24) is 0 Å². The molecule has 0 unspecified atom stereocenters. The number of halogens is 2. The van der Waals surface area contributed by atoms with Crippen molar-refractivity contribution in [1.29, 1.82) is 0 Å². The minimum atomic E-state index is -0.0560. The second-order valence-electron chi connectivity index (χ2n) is 4.23. The van der Waals surface area contributed by atoms with Crippen LogP contribution in [0.3, 0.4) is 0 Å². The van der Waals surface area contributed by atoms with Crippen LogP contribution < -0.4 is 5.32 Å². The molecule has 0 saturated heterocycles. The van der Waals surface area contributed by atoms with Crippen molar-refractivity contribution in [3.8, 4) is 0 Å². The fraction of sp³-hybridized carbons (Fsp3) is 0.133. The molecule has 2 aromatic rings. The largest absolute Gasteiger partial charge is 0.324 e. The number of rotatable bonds is 4. The predicted octanol–water partition coefficient (Wildman–Crippen LogP) is 5.14. The monoisotopic (exact) mass is 369 g/mol. The molecule has 0 aliphatic rings. The van der Waals surface area contributed by atoms with Gasteiger partial charge in [-0.1, -0.05) is 29.8 Å². The highest BCUT2D eigenvalue weighted by molar-refractivity contribution is 9.10. The number of hydrogen-bond donors (Lipinski definition) is 1. The molecule has 0 fully saturated rings. The number of hydrogen-bond acceptors (Lipinski definition) is 2. The van der Waals surface area contributed by atoms with E-state index < -0.39 is 0 Å². The van der Waals surface area contributed by atoms with Gasteiger partial charge in [0.25, 0.3) is 0 Å². The normalized spacial score (nSPS) is 10.3. The lowest BCUT2D eigenvalue weighted by Gasteiger charge is -2.09. The highest BCUT2D eigenvalue weighted by Gasteiger charge is 2.08. The molecule has 2 rings (SSSR count). The predicted molar refractivity (Wildman–Crippen MR) is 89.7 cm³/mol. The van der Waals surface area contributed by atoms with E-state index in [2.05, 4.69) is 21.2 Å². The zero-order chi connectivity index (χ0) is 14.5. The van der Waals surface area contributed by atoms with Crippen molar-refractivity contribution in [2.24, 2.45) is 0 Å². The Balaban J connectivity index is 1.97. The van der Waals surface area contributed by atoms with Gasteiger partial charge in [0, 0.05) is 14.4 Å². The first kappa shape index (κ1) is 15.4. The molecule has 0 atom stereocenters. The van der Waals surface area contributed by atoms with Crippen molar-refractivity contribution in [3.05, 3.63) is 57.5 Å². The number of benzene rings is 2.